The van der Waals surface area contributed by atoms with Crippen LogP contribution < -0.4 is 5.32 Å². The molecule has 9 nitrogen and oxygen atoms in total. The van der Waals surface area contributed by atoms with E-state index in [4.69, 9.17) is 9.47 Å². The number of nitrogens with one attached hydrogen (secondary N) is 1. The van der Waals surface area contributed by atoms with Crippen LogP contribution in [0.4, 0.5) is 0 Å². The van der Waals surface area contributed by atoms with Crippen molar-refractivity contribution in [2.24, 2.45) is 0 Å². The second-order valence-corrected chi connectivity index (χ2v) is 18.3. The van der Waals surface area contributed by atoms with Crippen molar-refractivity contribution in [3.8, 4) is 0 Å². The van der Waals surface area contributed by atoms with Gasteiger partial charge < -0.3 is 40.3 Å². The summed E-state index contributed by atoms with van der Waals surface area (Å²) in [5, 5.41) is 54.3. The van der Waals surface area contributed by atoms with E-state index in [1.54, 1.807) is 6.08 Å². The van der Waals surface area contributed by atoms with E-state index in [9.17, 15) is 30.3 Å². The summed E-state index contributed by atoms with van der Waals surface area (Å²) in [6.07, 6.45) is 47.7. The zero-order valence-corrected chi connectivity index (χ0v) is 40.1. The molecule has 364 valence electrons. The number of hydrogen-bond donors (Lipinski definition) is 6. The summed E-state index contributed by atoms with van der Waals surface area (Å²) in [6.45, 7) is 3.77. The molecule has 0 spiro atoms. The van der Waals surface area contributed by atoms with Gasteiger partial charge in [0.1, 0.15) is 24.4 Å². The Morgan fingerprint density at radius 2 is 0.919 bits per heavy atom. The molecular formula is C53H99NO8. The molecule has 7 atom stereocenters. The highest BCUT2D eigenvalue weighted by molar-refractivity contribution is 5.76. The zero-order chi connectivity index (χ0) is 45.1. The van der Waals surface area contributed by atoms with Gasteiger partial charge in [0.15, 0.2) is 6.29 Å². The molecule has 0 aromatic heterocycles. The predicted molar refractivity (Wildman–Crippen MR) is 258 cm³/mol. The number of aliphatic hydroxyl groups is 5. The molecule has 1 aliphatic heterocycles. The second kappa shape index (κ2) is 43.3. The van der Waals surface area contributed by atoms with Crippen LogP contribution in [0.25, 0.3) is 0 Å². The first-order chi connectivity index (χ1) is 30.3. The van der Waals surface area contributed by atoms with Gasteiger partial charge in [0.25, 0.3) is 0 Å². The SMILES string of the molecule is CCCCCCCCCCC/C=C/CC/C=C/CC/C=C/C(O)C(COC1OC(CO)C(O)C(O)C1O)NC(=O)CCCCCCCCCCCCCCCCCCCCCC. The van der Waals surface area contributed by atoms with Gasteiger partial charge in [0.05, 0.1) is 25.4 Å². The summed E-state index contributed by atoms with van der Waals surface area (Å²) < 4.78 is 11.2. The number of amides is 1. The molecule has 1 fully saturated rings. The predicted octanol–water partition coefficient (Wildman–Crippen LogP) is 12.0. The third kappa shape index (κ3) is 33.0. The van der Waals surface area contributed by atoms with Crippen molar-refractivity contribution < 1.29 is 39.8 Å². The van der Waals surface area contributed by atoms with E-state index >= 15 is 0 Å². The molecule has 7 unspecified atom stereocenters. The zero-order valence-electron chi connectivity index (χ0n) is 40.1. The van der Waals surface area contributed by atoms with Crippen LogP contribution >= 0.6 is 0 Å². The fourth-order valence-corrected chi connectivity index (χ4v) is 8.25. The van der Waals surface area contributed by atoms with Gasteiger partial charge in [0.2, 0.25) is 5.91 Å². The van der Waals surface area contributed by atoms with Crippen LogP contribution in [-0.2, 0) is 14.3 Å². The van der Waals surface area contributed by atoms with E-state index in [1.807, 2.05) is 6.08 Å². The fourth-order valence-electron chi connectivity index (χ4n) is 8.25. The normalized spacial score (nSPS) is 20.5. The van der Waals surface area contributed by atoms with Crippen molar-refractivity contribution in [1.82, 2.24) is 5.32 Å². The quantitative estimate of drug-likeness (QED) is 0.0262. The van der Waals surface area contributed by atoms with Gasteiger partial charge in [-0.25, -0.2) is 0 Å². The summed E-state index contributed by atoms with van der Waals surface area (Å²) in [5.41, 5.74) is 0. The van der Waals surface area contributed by atoms with Gasteiger partial charge in [-0.15, -0.1) is 0 Å². The van der Waals surface area contributed by atoms with Crippen LogP contribution in [0.3, 0.4) is 0 Å². The first kappa shape index (κ1) is 58.4. The Kier molecular flexibility index (Phi) is 40.8. The number of allylic oxidation sites excluding steroid dienone is 5. The van der Waals surface area contributed by atoms with E-state index in [0.717, 1.165) is 44.9 Å². The largest absolute Gasteiger partial charge is 0.394 e. The van der Waals surface area contributed by atoms with E-state index in [2.05, 4.69) is 43.5 Å². The summed E-state index contributed by atoms with van der Waals surface area (Å²) in [5.74, 6) is -0.188. The lowest BCUT2D eigenvalue weighted by Crippen LogP contribution is -2.60. The average Bonchev–Trinajstić information content (AvgIpc) is 3.27. The monoisotopic (exact) mass is 878 g/mol. The maximum Gasteiger partial charge on any atom is 0.220 e. The lowest BCUT2D eigenvalue weighted by molar-refractivity contribution is -0.302. The van der Waals surface area contributed by atoms with Crippen molar-refractivity contribution in [3.63, 3.8) is 0 Å². The van der Waals surface area contributed by atoms with Crippen LogP contribution in [-0.4, -0.2) is 87.5 Å². The lowest BCUT2D eigenvalue weighted by atomic mass is 9.99. The average molecular weight is 878 g/mol. The Hall–Kier alpha value is -1.59. The minimum atomic E-state index is -1.57. The van der Waals surface area contributed by atoms with Crippen LogP contribution in [0, 0.1) is 0 Å². The molecule has 9 heteroatoms. The summed E-state index contributed by atoms with van der Waals surface area (Å²) >= 11 is 0. The highest BCUT2D eigenvalue weighted by Gasteiger charge is 2.44. The summed E-state index contributed by atoms with van der Waals surface area (Å²) in [6, 6.07) is -0.825. The van der Waals surface area contributed by atoms with Crippen LogP contribution in [0.1, 0.15) is 239 Å². The van der Waals surface area contributed by atoms with Crippen molar-refractivity contribution in [3.05, 3.63) is 36.5 Å². The van der Waals surface area contributed by atoms with Gasteiger partial charge in [-0.1, -0.05) is 224 Å². The fraction of sp³-hybridized carbons (Fsp3) is 0.868. The maximum atomic E-state index is 13.0. The maximum absolute atomic E-state index is 13.0. The van der Waals surface area contributed by atoms with Crippen molar-refractivity contribution in [2.45, 2.75) is 281 Å². The number of hydrogen-bond acceptors (Lipinski definition) is 8. The Bertz CT molecular complexity index is 1070. The van der Waals surface area contributed by atoms with Crippen molar-refractivity contribution >= 4 is 5.91 Å². The Morgan fingerprint density at radius 1 is 0.532 bits per heavy atom. The number of rotatable bonds is 44. The molecule has 0 bridgehead atoms. The van der Waals surface area contributed by atoms with E-state index in [0.29, 0.717) is 6.42 Å². The van der Waals surface area contributed by atoms with E-state index in [-0.39, 0.29) is 12.5 Å². The molecule has 1 rings (SSSR count). The second-order valence-electron chi connectivity index (χ2n) is 18.3. The Labute approximate surface area is 381 Å². The summed E-state index contributed by atoms with van der Waals surface area (Å²) in [7, 11) is 0. The van der Waals surface area contributed by atoms with Gasteiger partial charge in [-0.2, -0.15) is 0 Å². The Morgan fingerprint density at radius 3 is 1.35 bits per heavy atom. The first-order valence-corrected chi connectivity index (χ1v) is 26.2. The van der Waals surface area contributed by atoms with Crippen LogP contribution in [0.15, 0.2) is 36.5 Å². The molecule has 1 amide bonds. The molecule has 1 heterocycles. The molecule has 0 saturated carbocycles. The third-order valence-corrected chi connectivity index (χ3v) is 12.4. The first-order valence-electron chi connectivity index (χ1n) is 26.2. The highest BCUT2D eigenvalue weighted by Crippen LogP contribution is 2.23. The van der Waals surface area contributed by atoms with Crippen LogP contribution in [0.2, 0.25) is 0 Å². The van der Waals surface area contributed by atoms with E-state index in [1.165, 1.54) is 173 Å². The van der Waals surface area contributed by atoms with E-state index < -0.39 is 49.5 Å². The minimum Gasteiger partial charge on any atom is -0.394 e. The molecule has 6 N–H and O–H groups in total. The van der Waals surface area contributed by atoms with Crippen molar-refractivity contribution in [2.75, 3.05) is 13.2 Å². The van der Waals surface area contributed by atoms with Gasteiger partial charge in [-0.3, -0.25) is 4.79 Å². The molecule has 1 aliphatic rings. The molecule has 0 aromatic carbocycles. The van der Waals surface area contributed by atoms with Crippen LogP contribution in [0.5, 0.6) is 0 Å². The molecular weight excluding hydrogens is 779 g/mol. The number of unbranched alkanes of at least 4 members (excludes halogenated alkanes) is 30. The lowest BCUT2D eigenvalue weighted by Gasteiger charge is -2.40. The highest BCUT2D eigenvalue weighted by atomic mass is 16.7. The topological polar surface area (TPSA) is 149 Å². The minimum absolute atomic E-state index is 0.188. The number of carbonyl (C=O) groups excluding carboxylic acids is 1. The van der Waals surface area contributed by atoms with Gasteiger partial charge in [0, 0.05) is 6.42 Å². The molecule has 62 heavy (non-hydrogen) atoms. The summed E-state index contributed by atoms with van der Waals surface area (Å²) in [4.78, 5) is 13.0. The number of ether oxygens (including phenoxy) is 2. The Balaban J connectivity index is 2.31. The third-order valence-electron chi connectivity index (χ3n) is 12.4. The van der Waals surface area contributed by atoms with Gasteiger partial charge >= 0.3 is 0 Å². The number of carbonyl (C=O) groups is 1. The standard InChI is InChI=1S/C53H99NO8/c1-3-5-7-9-11-13-15-17-19-21-23-25-27-29-31-33-35-37-39-41-43-49(57)54-46(45-61-53-52(60)51(59)50(58)48(44-55)62-53)47(56)42-40-38-36-34-32-30-28-26-24-22-20-18-16-14-12-10-8-6-4-2/h24,26,32,34,40,42,46-48,50-53,55-56,58-60H,3-23,25,27-31,33,35-39,41,43-45H2,1-2H3,(H,54,57)/b26-24+,34-32+,42-40+. The molecule has 1 saturated heterocycles. The smallest absolute Gasteiger partial charge is 0.220 e. The van der Waals surface area contributed by atoms with Crippen molar-refractivity contribution in [1.29, 1.82) is 0 Å². The molecule has 0 radical (unpaired) electrons. The number of aliphatic hydroxyl groups excluding tert-OH is 5. The molecule has 0 aliphatic carbocycles. The van der Waals surface area contributed by atoms with Gasteiger partial charge in [-0.05, 0) is 44.9 Å². The molecule has 0 aromatic rings.